The van der Waals surface area contributed by atoms with Gasteiger partial charge in [0.25, 0.3) is 5.91 Å². The van der Waals surface area contributed by atoms with Gasteiger partial charge >= 0.3 is 0 Å². The molecule has 2 aromatic rings. The molecule has 0 fully saturated rings. The number of carbonyl (C=O) groups excluding carboxylic acids is 1. The normalized spacial score (nSPS) is 10.2. The van der Waals surface area contributed by atoms with Crippen LogP contribution in [0.25, 0.3) is 0 Å². The molecule has 17 heavy (non-hydrogen) atoms. The molecule has 4 nitrogen and oxygen atoms in total. The van der Waals surface area contributed by atoms with Gasteiger partial charge in [0.1, 0.15) is 5.15 Å². The summed E-state index contributed by atoms with van der Waals surface area (Å²) in [5, 5.41) is 3.13. The van der Waals surface area contributed by atoms with Crippen LogP contribution in [0.3, 0.4) is 0 Å². The highest BCUT2D eigenvalue weighted by Crippen LogP contribution is 2.12. The molecule has 1 amide bonds. The van der Waals surface area contributed by atoms with Crippen LogP contribution in [0.5, 0.6) is 0 Å². The Hall–Kier alpha value is -1.46. The molecule has 0 aromatic carbocycles. The summed E-state index contributed by atoms with van der Waals surface area (Å²) in [6, 6.07) is 3.16. The van der Waals surface area contributed by atoms with Gasteiger partial charge in [0.15, 0.2) is 0 Å². The minimum Gasteiger partial charge on any atom is -0.347 e. The van der Waals surface area contributed by atoms with Crippen molar-refractivity contribution >= 4 is 28.8 Å². The summed E-state index contributed by atoms with van der Waals surface area (Å²) in [5.74, 6) is -0.165. The summed E-state index contributed by atoms with van der Waals surface area (Å²) in [4.78, 5) is 20.8. The number of pyridine rings is 1. The van der Waals surface area contributed by atoms with E-state index in [0.717, 1.165) is 10.6 Å². The highest BCUT2D eigenvalue weighted by Gasteiger charge is 2.07. The summed E-state index contributed by atoms with van der Waals surface area (Å²) < 4.78 is 0. The monoisotopic (exact) mass is 267 g/mol. The summed E-state index contributed by atoms with van der Waals surface area (Å²) >= 11 is 7.24. The lowest BCUT2D eigenvalue weighted by molar-refractivity contribution is 0.0951. The number of hydrogen-bond donors (Lipinski definition) is 1. The van der Waals surface area contributed by atoms with Crippen molar-refractivity contribution in [1.29, 1.82) is 0 Å². The maximum atomic E-state index is 11.8. The zero-order valence-electron chi connectivity index (χ0n) is 9.11. The Labute approximate surface area is 108 Å². The molecule has 0 aliphatic carbocycles. The summed E-state index contributed by atoms with van der Waals surface area (Å²) in [6.45, 7) is 2.40. The standard InChI is InChI=1S/C11H10ClN3OS/c1-7-9(17-6-15-7)5-14-11(16)8-2-3-13-10(12)4-8/h2-4,6H,5H2,1H3,(H,14,16). The van der Waals surface area contributed by atoms with Crippen LogP contribution in [-0.4, -0.2) is 15.9 Å². The Bertz CT molecular complexity index is 541. The molecule has 6 heteroatoms. The van der Waals surface area contributed by atoms with E-state index in [1.165, 1.54) is 23.6 Å². The second-order valence-corrected chi connectivity index (χ2v) is 4.74. The first-order chi connectivity index (χ1) is 8.16. The number of aromatic nitrogens is 2. The molecule has 0 saturated heterocycles. The molecule has 0 unspecified atom stereocenters. The summed E-state index contributed by atoms with van der Waals surface area (Å²) in [5.41, 5.74) is 3.22. The fourth-order valence-electron chi connectivity index (χ4n) is 1.30. The first-order valence-corrected chi connectivity index (χ1v) is 6.21. The van der Waals surface area contributed by atoms with E-state index in [1.54, 1.807) is 11.6 Å². The van der Waals surface area contributed by atoms with E-state index in [-0.39, 0.29) is 5.91 Å². The molecule has 0 aliphatic heterocycles. The molecule has 0 radical (unpaired) electrons. The highest BCUT2D eigenvalue weighted by atomic mass is 35.5. The number of thiazole rings is 1. The Morgan fingerprint density at radius 3 is 3.00 bits per heavy atom. The molecule has 0 spiro atoms. The van der Waals surface area contributed by atoms with Crippen LogP contribution >= 0.6 is 22.9 Å². The van der Waals surface area contributed by atoms with Crippen LogP contribution in [0.2, 0.25) is 5.15 Å². The van der Waals surface area contributed by atoms with Gasteiger partial charge in [-0.3, -0.25) is 4.79 Å². The number of aryl methyl sites for hydroxylation is 1. The van der Waals surface area contributed by atoms with E-state index in [2.05, 4.69) is 15.3 Å². The lowest BCUT2D eigenvalue weighted by atomic mass is 10.2. The van der Waals surface area contributed by atoms with Crippen molar-refractivity contribution in [3.63, 3.8) is 0 Å². The largest absolute Gasteiger partial charge is 0.347 e. The minimum absolute atomic E-state index is 0.165. The summed E-state index contributed by atoms with van der Waals surface area (Å²) in [7, 11) is 0. The molecule has 0 atom stereocenters. The molecule has 2 rings (SSSR count). The Balaban J connectivity index is 2.01. The Morgan fingerprint density at radius 2 is 2.35 bits per heavy atom. The summed E-state index contributed by atoms with van der Waals surface area (Å²) in [6.07, 6.45) is 1.51. The molecule has 0 bridgehead atoms. The third-order valence-corrected chi connectivity index (χ3v) is 3.38. The molecule has 0 aliphatic rings. The van der Waals surface area contributed by atoms with Crippen molar-refractivity contribution in [3.05, 3.63) is 45.1 Å². The molecule has 2 aromatic heterocycles. The van der Waals surface area contributed by atoms with Crippen LogP contribution in [-0.2, 0) is 6.54 Å². The van der Waals surface area contributed by atoms with Crippen LogP contribution in [0.4, 0.5) is 0 Å². The zero-order valence-corrected chi connectivity index (χ0v) is 10.7. The van der Waals surface area contributed by atoms with Gasteiger partial charge < -0.3 is 5.32 Å². The van der Waals surface area contributed by atoms with E-state index in [0.29, 0.717) is 17.3 Å². The van der Waals surface area contributed by atoms with Gasteiger partial charge in [0.2, 0.25) is 0 Å². The molecule has 0 saturated carbocycles. The number of nitrogens with zero attached hydrogens (tertiary/aromatic N) is 2. The number of halogens is 1. The predicted octanol–water partition coefficient (Wildman–Crippen LogP) is 2.43. The predicted molar refractivity (Wildman–Crippen MR) is 67.3 cm³/mol. The lowest BCUT2D eigenvalue weighted by Gasteiger charge is -2.04. The van der Waals surface area contributed by atoms with E-state index >= 15 is 0 Å². The van der Waals surface area contributed by atoms with Crippen molar-refractivity contribution in [2.24, 2.45) is 0 Å². The van der Waals surface area contributed by atoms with Crippen molar-refractivity contribution < 1.29 is 4.79 Å². The highest BCUT2D eigenvalue weighted by molar-refractivity contribution is 7.09. The van der Waals surface area contributed by atoms with Gasteiger partial charge in [-0.1, -0.05) is 11.6 Å². The number of nitrogens with one attached hydrogen (secondary N) is 1. The van der Waals surface area contributed by atoms with Crippen LogP contribution < -0.4 is 5.32 Å². The van der Waals surface area contributed by atoms with Crippen molar-refractivity contribution in [1.82, 2.24) is 15.3 Å². The Kier molecular flexibility index (Phi) is 3.71. The third kappa shape index (κ3) is 3.01. The molecular weight excluding hydrogens is 258 g/mol. The first-order valence-electron chi connectivity index (χ1n) is 4.95. The Morgan fingerprint density at radius 1 is 1.53 bits per heavy atom. The number of rotatable bonds is 3. The van der Waals surface area contributed by atoms with Gasteiger partial charge in [-0.2, -0.15) is 0 Å². The number of carbonyl (C=O) groups is 1. The maximum Gasteiger partial charge on any atom is 0.251 e. The van der Waals surface area contributed by atoms with Crippen molar-refractivity contribution in [2.75, 3.05) is 0 Å². The average molecular weight is 268 g/mol. The van der Waals surface area contributed by atoms with E-state index in [9.17, 15) is 4.79 Å². The number of amides is 1. The van der Waals surface area contributed by atoms with E-state index < -0.39 is 0 Å². The smallest absolute Gasteiger partial charge is 0.251 e. The second-order valence-electron chi connectivity index (χ2n) is 3.41. The quantitative estimate of drug-likeness (QED) is 0.869. The van der Waals surface area contributed by atoms with Gasteiger partial charge in [-0.15, -0.1) is 11.3 Å². The van der Waals surface area contributed by atoms with Crippen LogP contribution in [0.1, 0.15) is 20.9 Å². The average Bonchev–Trinajstić information content (AvgIpc) is 2.72. The SMILES string of the molecule is Cc1ncsc1CNC(=O)c1ccnc(Cl)c1. The number of hydrogen-bond acceptors (Lipinski definition) is 4. The molecule has 2 heterocycles. The fraction of sp³-hybridized carbons (Fsp3) is 0.182. The fourth-order valence-corrected chi connectivity index (χ4v) is 2.19. The molecule has 1 N–H and O–H groups in total. The van der Waals surface area contributed by atoms with Crippen LogP contribution in [0.15, 0.2) is 23.8 Å². The first kappa shape index (κ1) is 12.0. The van der Waals surface area contributed by atoms with Gasteiger partial charge in [-0.25, -0.2) is 9.97 Å². The maximum absolute atomic E-state index is 11.8. The second kappa shape index (κ2) is 5.25. The molecular formula is C11H10ClN3OS. The van der Waals surface area contributed by atoms with Crippen molar-refractivity contribution in [2.45, 2.75) is 13.5 Å². The molecule has 88 valence electrons. The topological polar surface area (TPSA) is 54.9 Å². The lowest BCUT2D eigenvalue weighted by Crippen LogP contribution is -2.22. The van der Waals surface area contributed by atoms with Crippen molar-refractivity contribution in [3.8, 4) is 0 Å². The van der Waals surface area contributed by atoms with Crippen LogP contribution in [0, 0.1) is 6.92 Å². The van der Waals surface area contributed by atoms with E-state index in [4.69, 9.17) is 11.6 Å². The zero-order chi connectivity index (χ0) is 12.3. The van der Waals surface area contributed by atoms with E-state index in [1.807, 2.05) is 6.92 Å². The van der Waals surface area contributed by atoms with Gasteiger partial charge in [0.05, 0.1) is 17.7 Å². The third-order valence-electron chi connectivity index (χ3n) is 2.24. The minimum atomic E-state index is -0.165. The van der Waals surface area contributed by atoms with Gasteiger partial charge in [0, 0.05) is 16.6 Å². The van der Waals surface area contributed by atoms with Gasteiger partial charge in [-0.05, 0) is 19.1 Å².